The van der Waals surface area contributed by atoms with Crippen LogP contribution in [0.25, 0.3) is 0 Å². The highest BCUT2D eigenvalue weighted by molar-refractivity contribution is 8.01. The van der Waals surface area contributed by atoms with Crippen molar-refractivity contribution < 1.29 is 9.59 Å². The Labute approximate surface area is 148 Å². The van der Waals surface area contributed by atoms with E-state index in [2.05, 4.69) is 10.3 Å². The number of nitrogens with one attached hydrogen (secondary N) is 1. The molecule has 1 N–H and O–H groups in total. The van der Waals surface area contributed by atoms with E-state index in [1.54, 1.807) is 16.2 Å². The van der Waals surface area contributed by atoms with E-state index in [0.29, 0.717) is 18.8 Å². The summed E-state index contributed by atoms with van der Waals surface area (Å²) in [5.41, 5.74) is 0.963. The molecular weight excluding hydrogens is 350 g/mol. The second kappa shape index (κ2) is 9.05. The van der Waals surface area contributed by atoms with E-state index in [-0.39, 0.29) is 18.4 Å². The summed E-state index contributed by atoms with van der Waals surface area (Å²) in [6, 6.07) is 3.92. The predicted molar refractivity (Wildman–Crippen MR) is 96.0 cm³/mol. The van der Waals surface area contributed by atoms with Crippen molar-refractivity contribution in [1.29, 1.82) is 0 Å². The maximum Gasteiger partial charge on any atom is 0.239 e. The van der Waals surface area contributed by atoms with Gasteiger partial charge in [-0.15, -0.1) is 22.7 Å². The Hall–Kier alpha value is -1.38. The van der Waals surface area contributed by atoms with Gasteiger partial charge in [-0.1, -0.05) is 17.8 Å². The molecule has 2 amide bonds. The summed E-state index contributed by atoms with van der Waals surface area (Å²) in [5, 5.41) is 6.78. The summed E-state index contributed by atoms with van der Waals surface area (Å²) in [4.78, 5) is 31.2. The maximum atomic E-state index is 12.2. The van der Waals surface area contributed by atoms with Crippen LogP contribution in [0, 0.1) is 6.92 Å². The summed E-state index contributed by atoms with van der Waals surface area (Å²) < 4.78 is 0.883. The molecule has 0 saturated heterocycles. The summed E-state index contributed by atoms with van der Waals surface area (Å²) in [7, 11) is 0. The zero-order chi connectivity index (χ0) is 16.7. The van der Waals surface area contributed by atoms with Crippen LogP contribution in [-0.4, -0.2) is 40.5 Å². The van der Waals surface area contributed by atoms with E-state index >= 15 is 0 Å². The first kappa shape index (κ1) is 18.0. The summed E-state index contributed by atoms with van der Waals surface area (Å²) in [6.07, 6.45) is 0. The third-order valence-electron chi connectivity index (χ3n) is 3.03. The minimum absolute atomic E-state index is 0.0448. The molecule has 2 aromatic rings. The van der Waals surface area contributed by atoms with E-state index in [4.69, 9.17) is 0 Å². The smallest absolute Gasteiger partial charge is 0.239 e. The Morgan fingerprint density at radius 1 is 1.39 bits per heavy atom. The molecule has 0 aliphatic rings. The fraction of sp³-hybridized carbons (Fsp3) is 0.400. The fourth-order valence-electron chi connectivity index (χ4n) is 1.82. The molecule has 2 rings (SSSR count). The topological polar surface area (TPSA) is 62.3 Å². The van der Waals surface area contributed by atoms with Crippen LogP contribution < -0.4 is 5.32 Å². The standard InChI is InChI=1S/C15H19N3O2S3/c1-3-18(8-13(19)16-7-12-5-4-6-21-12)14(20)10-23-15-17-11(2)9-22-15/h4-6,9H,3,7-8,10H2,1-2H3,(H,16,19). The highest BCUT2D eigenvalue weighted by atomic mass is 32.2. The molecule has 5 nitrogen and oxygen atoms in total. The first-order chi connectivity index (χ1) is 11.1. The molecule has 0 unspecified atom stereocenters. The van der Waals surface area contributed by atoms with Gasteiger partial charge in [0.25, 0.3) is 0 Å². The maximum absolute atomic E-state index is 12.2. The minimum atomic E-state index is -0.135. The van der Waals surface area contributed by atoms with Crippen molar-refractivity contribution in [3.8, 4) is 0 Å². The van der Waals surface area contributed by atoms with Gasteiger partial charge in [0, 0.05) is 22.5 Å². The van der Waals surface area contributed by atoms with Crippen molar-refractivity contribution in [1.82, 2.24) is 15.2 Å². The van der Waals surface area contributed by atoms with Gasteiger partial charge in [0.1, 0.15) is 0 Å². The van der Waals surface area contributed by atoms with Gasteiger partial charge in [-0.25, -0.2) is 4.98 Å². The number of hydrogen-bond donors (Lipinski definition) is 1. The van der Waals surface area contributed by atoms with Crippen molar-refractivity contribution in [2.24, 2.45) is 0 Å². The molecular formula is C15H19N3O2S3. The Bertz CT molecular complexity index is 640. The normalized spacial score (nSPS) is 10.5. The van der Waals surface area contributed by atoms with Gasteiger partial charge >= 0.3 is 0 Å². The molecule has 124 valence electrons. The third kappa shape index (κ3) is 5.96. The highest BCUT2D eigenvalue weighted by Crippen LogP contribution is 2.22. The van der Waals surface area contributed by atoms with Crippen molar-refractivity contribution in [3.05, 3.63) is 33.5 Å². The van der Waals surface area contributed by atoms with Gasteiger partial charge in [-0.3, -0.25) is 9.59 Å². The number of nitrogens with zero attached hydrogens (tertiary/aromatic N) is 2. The van der Waals surface area contributed by atoms with Gasteiger partial charge in [-0.05, 0) is 25.3 Å². The molecule has 0 aliphatic carbocycles. The van der Waals surface area contributed by atoms with Crippen molar-refractivity contribution in [2.45, 2.75) is 24.7 Å². The lowest BCUT2D eigenvalue weighted by Crippen LogP contribution is -2.41. The molecule has 23 heavy (non-hydrogen) atoms. The number of aryl methyl sites for hydroxylation is 1. The minimum Gasteiger partial charge on any atom is -0.350 e. The number of aromatic nitrogens is 1. The second-order valence-electron chi connectivity index (χ2n) is 4.81. The molecule has 0 fully saturated rings. The third-order valence-corrected chi connectivity index (χ3v) is 6.03. The Balaban J connectivity index is 1.76. The fourth-order valence-corrected chi connectivity index (χ4v) is 4.21. The SMILES string of the molecule is CCN(CC(=O)NCc1cccs1)C(=O)CSc1nc(C)cs1. The Morgan fingerprint density at radius 3 is 2.83 bits per heavy atom. The van der Waals surface area contributed by atoms with Crippen LogP contribution in [0.5, 0.6) is 0 Å². The first-order valence-corrected chi connectivity index (χ1v) is 9.94. The zero-order valence-electron chi connectivity index (χ0n) is 13.1. The number of hydrogen-bond acceptors (Lipinski definition) is 6. The predicted octanol–water partition coefficient (Wildman–Crippen LogP) is 2.77. The number of carbonyl (C=O) groups is 2. The molecule has 2 aromatic heterocycles. The van der Waals surface area contributed by atoms with Crippen molar-refractivity contribution >= 4 is 46.2 Å². The lowest BCUT2D eigenvalue weighted by atomic mass is 10.4. The van der Waals surface area contributed by atoms with Crippen molar-refractivity contribution in [2.75, 3.05) is 18.8 Å². The van der Waals surface area contributed by atoms with Crippen LogP contribution in [0.2, 0.25) is 0 Å². The number of amides is 2. The van der Waals surface area contributed by atoms with Gasteiger partial charge in [0.15, 0.2) is 4.34 Å². The van der Waals surface area contributed by atoms with E-state index in [9.17, 15) is 9.59 Å². The quantitative estimate of drug-likeness (QED) is 0.727. The second-order valence-corrected chi connectivity index (χ2v) is 7.92. The van der Waals surface area contributed by atoms with Crippen LogP contribution in [0.4, 0.5) is 0 Å². The van der Waals surface area contributed by atoms with E-state index in [1.807, 2.05) is 36.7 Å². The van der Waals surface area contributed by atoms with E-state index in [1.165, 1.54) is 23.1 Å². The van der Waals surface area contributed by atoms with Gasteiger partial charge in [0.2, 0.25) is 11.8 Å². The monoisotopic (exact) mass is 369 g/mol. The van der Waals surface area contributed by atoms with Crippen LogP contribution in [-0.2, 0) is 16.1 Å². The highest BCUT2D eigenvalue weighted by Gasteiger charge is 2.16. The molecule has 0 aromatic carbocycles. The Kier molecular flexibility index (Phi) is 7.07. The molecule has 0 bridgehead atoms. The number of rotatable bonds is 8. The van der Waals surface area contributed by atoms with Crippen LogP contribution in [0.1, 0.15) is 17.5 Å². The largest absolute Gasteiger partial charge is 0.350 e. The molecule has 0 radical (unpaired) electrons. The van der Waals surface area contributed by atoms with Crippen LogP contribution >= 0.6 is 34.4 Å². The summed E-state index contributed by atoms with van der Waals surface area (Å²) >= 11 is 4.55. The summed E-state index contributed by atoms with van der Waals surface area (Å²) in [6.45, 7) is 4.93. The first-order valence-electron chi connectivity index (χ1n) is 7.20. The average Bonchev–Trinajstić information content (AvgIpc) is 3.19. The number of thiophene rings is 1. The molecule has 0 aliphatic heterocycles. The number of carbonyl (C=O) groups excluding carboxylic acids is 2. The summed E-state index contributed by atoms with van der Waals surface area (Å²) in [5.74, 6) is 0.124. The molecule has 0 atom stereocenters. The van der Waals surface area contributed by atoms with Crippen LogP contribution in [0.3, 0.4) is 0 Å². The molecule has 2 heterocycles. The lowest BCUT2D eigenvalue weighted by Gasteiger charge is -2.19. The number of likely N-dealkylation sites (N-methyl/N-ethyl adjacent to an activating group) is 1. The van der Waals surface area contributed by atoms with Crippen LogP contribution in [0.15, 0.2) is 27.2 Å². The van der Waals surface area contributed by atoms with Gasteiger partial charge < -0.3 is 10.2 Å². The van der Waals surface area contributed by atoms with Crippen molar-refractivity contribution in [3.63, 3.8) is 0 Å². The average molecular weight is 370 g/mol. The number of thiazole rings is 1. The van der Waals surface area contributed by atoms with Gasteiger partial charge in [0.05, 0.1) is 18.8 Å². The molecule has 0 spiro atoms. The molecule has 0 saturated carbocycles. The zero-order valence-corrected chi connectivity index (χ0v) is 15.5. The Morgan fingerprint density at radius 2 is 2.22 bits per heavy atom. The number of thioether (sulfide) groups is 1. The van der Waals surface area contributed by atoms with E-state index < -0.39 is 0 Å². The lowest BCUT2D eigenvalue weighted by molar-refractivity contribution is -0.133. The van der Waals surface area contributed by atoms with E-state index in [0.717, 1.165) is 14.9 Å². The molecule has 8 heteroatoms. The van der Waals surface area contributed by atoms with Gasteiger partial charge in [-0.2, -0.15) is 0 Å².